The number of nitrogens with zero attached hydrogens (tertiary/aromatic N) is 5. The van der Waals surface area contributed by atoms with Gasteiger partial charge in [0.05, 0.1) is 33.5 Å². The highest BCUT2D eigenvalue weighted by molar-refractivity contribution is 6.13. The molecule has 6 heteroatoms. The van der Waals surface area contributed by atoms with E-state index in [1.54, 1.807) is 0 Å². The SMILES string of the molecule is c1ccc(-c2cc(-c3ccccc3)nc(-n3c4ccccc4c4ccc(-c5ccc6c(c5)c5ccccc5n6-c5ccc6oc7cccnc7c6c5)cc43)n2)cc1. The molecule has 0 aliphatic carbocycles. The van der Waals surface area contributed by atoms with Gasteiger partial charge in [-0.3, -0.25) is 9.55 Å². The highest BCUT2D eigenvalue weighted by Gasteiger charge is 2.19. The number of fused-ring (bicyclic) bond motifs is 9. The van der Waals surface area contributed by atoms with Gasteiger partial charge in [0.1, 0.15) is 11.1 Å². The molecule has 0 radical (unpaired) electrons. The normalized spacial score (nSPS) is 11.9. The lowest BCUT2D eigenvalue weighted by molar-refractivity contribution is 0.668. The first-order chi connectivity index (χ1) is 28.2. The van der Waals surface area contributed by atoms with Crippen LogP contribution < -0.4 is 0 Å². The molecular weight excluding hydrogens is 699 g/mol. The molecule has 0 saturated heterocycles. The fraction of sp³-hybridized carbons (Fsp3) is 0. The molecule has 5 aromatic heterocycles. The van der Waals surface area contributed by atoms with Crippen LogP contribution in [0.15, 0.2) is 193 Å². The number of furan rings is 1. The van der Waals surface area contributed by atoms with Gasteiger partial charge in [-0.1, -0.05) is 115 Å². The maximum absolute atomic E-state index is 6.12. The Bertz CT molecular complexity index is 3470. The number of para-hydroxylation sites is 2. The zero-order valence-corrected chi connectivity index (χ0v) is 30.5. The van der Waals surface area contributed by atoms with E-state index in [1.807, 2.05) is 30.5 Å². The lowest BCUT2D eigenvalue weighted by Crippen LogP contribution is -2.04. The van der Waals surface area contributed by atoms with E-state index >= 15 is 0 Å². The third-order valence-electron chi connectivity index (χ3n) is 11.2. The molecule has 266 valence electrons. The second-order valence-electron chi connectivity index (χ2n) is 14.5. The van der Waals surface area contributed by atoms with Gasteiger partial charge in [0, 0.05) is 49.9 Å². The minimum Gasteiger partial charge on any atom is -0.454 e. The second kappa shape index (κ2) is 12.3. The molecule has 12 rings (SSSR count). The summed E-state index contributed by atoms with van der Waals surface area (Å²) < 4.78 is 10.7. The van der Waals surface area contributed by atoms with Gasteiger partial charge in [-0.05, 0) is 77.9 Å². The fourth-order valence-corrected chi connectivity index (χ4v) is 8.57. The van der Waals surface area contributed by atoms with Crippen LogP contribution in [0, 0.1) is 0 Å². The van der Waals surface area contributed by atoms with Gasteiger partial charge in [-0.2, -0.15) is 0 Å². The number of rotatable bonds is 5. The van der Waals surface area contributed by atoms with E-state index in [9.17, 15) is 0 Å². The van der Waals surface area contributed by atoms with Crippen molar-refractivity contribution >= 4 is 65.7 Å². The molecule has 0 aliphatic rings. The Hall–Kier alpha value is -7.83. The van der Waals surface area contributed by atoms with Gasteiger partial charge < -0.3 is 8.98 Å². The van der Waals surface area contributed by atoms with Crippen molar-refractivity contribution in [3.05, 3.63) is 188 Å². The summed E-state index contributed by atoms with van der Waals surface area (Å²) in [7, 11) is 0. The van der Waals surface area contributed by atoms with Crippen molar-refractivity contribution in [2.75, 3.05) is 0 Å². The van der Waals surface area contributed by atoms with E-state index in [0.717, 1.165) is 94.2 Å². The minimum absolute atomic E-state index is 0.634. The van der Waals surface area contributed by atoms with E-state index in [4.69, 9.17) is 14.4 Å². The first-order valence-electron chi connectivity index (χ1n) is 19.1. The van der Waals surface area contributed by atoms with Crippen molar-refractivity contribution in [1.29, 1.82) is 0 Å². The van der Waals surface area contributed by atoms with E-state index in [0.29, 0.717) is 5.95 Å². The van der Waals surface area contributed by atoms with Gasteiger partial charge in [-0.15, -0.1) is 0 Å². The standard InChI is InChI=1S/C51H31N5O/c1-3-12-32(13-4-1)42-31-43(33-14-5-2-6-15-33)54-51(53-42)56-45-19-10-7-16-37(45)39-24-21-35(29-47(39)56)34-22-25-46-40(28-34)38-17-8-9-18-44(38)55(46)36-23-26-48-41(30-36)50-49(57-48)20-11-27-52-50/h1-31H. The Labute approximate surface area is 326 Å². The quantitative estimate of drug-likeness (QED) is 0.177. The van der Waals surface area contributed by atoms with Crippen LogP contribution in [-0.2, 0) is 0 Å². The number of pyridine rings is 1. The van der Waals surface area contributed by atoms with Crippen LogP contribution in [0.4, 0.5) is 0 Å². The summed E-state index contributed by atoms with van der Waals surface area (Å²) in [5.74, 6) is 0.634. The van der Waals surface area contributed by atoms with Crippen molar-refractivity contribution in [2.24, 2.45) is 0 Å². The van der Waals surface area contributed by atoms with Crippen LogP contribution in [0.5, 0.6) is 0 Å². The maximum Gasteiger partial charge on any atom is 0.235 e. The second-order valence-corrected chi connectivity index (χ2v) is 14.5. The third kappa shape index (κ3) is 4.94. The molecular formula is C51H31N5O. The molecule has 0 N–H and O–H groups in total. The van der Waals surface area contributed by atoms with Crippen LogP contribution in [-0.4, -0.2) is 24.1 Å². The highest BCUT2D eigenvalue weighted by Crippen LogP contribution is 2.39. The first kappa shape index (κ1) is 31.5. The zero-order valence-electron chi connectivity index (χ0n) is 30.5. The van der Waals surface area contributed by atoms with Crippen LogP contribution in [0.2, 0.25) is 0 Å². The Morgan fingerprint density at radius 1 is 0.368 bits per heavy atom. The van der Waals surface area contributed by atoms with Gasteiger partial charge in [-0.25, -0.2) is 9.97 Å². The van der Waals surface area contributed by atoms with Gasteiger partial charge in [0.2, 0.25) is 5.95 Å². The predicted molar refractivity (Wildman–Crippen MR) is 232 cm³/mol. The Morgan fingerprint density at radius 3 is 1.74 bits per heavy atom. The average Bonchev–Trinajstić information content (AvgIpc) is 3.94. The summed E-state index contributed by atoms with van der Waals surface area (Å²) in [5, 5.41) is 5.69. The van der Waals surface area contributed by atoms with Crippen molar-refractivity contribution < 1.29 is 4.42 Å². The molecule has 0 saturated carbocycles. The topological polar surface area (TPSA) is 61.7 Å². The van der Waals surface area contributed by atoms with Crippen LogP contribution in [0.1, 0.15) is 0 Å². The molecule has 0 fully saturated rings. The van der Waals surface area contributed by atoms with Crippen molar-refractivity contribution in [3.63, 3.8) is 0 Å². The number of aromatic nitrogens is 5. The smallest absolute Gasteiger partial charge is 0.235 e. The minimum atomic E-state index is 0.634. The molecule has 57 heavy (non-hydrogen) atoms. The molecule has 0 amide bonds. The average molecular weight is 730 g/mol. The van der Waals surface area contributed by atoms with Crippen molar-refractivity contribution in [3.8, 4) is 45.3 Å². The summed E-state index contributed by atoms with van der Waals surface area (Å²) in [6.07, 6.45) is 1.82. The molecule has 6 nitrogen and oxygen atoms in total. The summed E-state index contributed by atoms with van der Waals surface area (Å²) >= 11 is 0. The molecule has 7 aromatic carbocycles. The van der Waals surface area contributed by atoms with Gasteiger partial charge in [0.15, 0.2) is 5.58 Å². The fourth-order valence-electron chi connectivity index (χ4n) is 8.57. The number of hydrogen-bond acceptors (Lipinski definition) is 4. The largest absolute Gasteiger partial charge is 0.454 e. The lowest BCUT2D eigenvalue weighted by Gasteiger charge is -2.12. The molecule has 12 aromatic rings. The lowest BCUT2D eigenvalue weighted by atomic mass is 10.0. The molecule has 0 bridgehead atoms. The number of hydrogen-bond donors (Lipinski definition) is 0. The predicted octanol–water partition coefficient (Wildman–Crippen LogP) is 13.0. The third-order valence-corrected chi connectivity index (χ3v) is 11.2. The highest BCUT2D eigenvalue weighted by atomic mass is 16.3. The Morgan fingerprint density at radius 2 is 0.982 bits per heavy atom. The molecule has 0 spiro atoms. The summed E-state index contributed by atoms with van der Waals surface area (Å²) in [6.45, 7) is 0. The summed E-state index contributed by atoms with van der Waals surface area (Å²) in [4.78, 5) is 15.2. The van der Waals surface area contributed by atoms with Crippen LogP contribution in [0.25, 0.3) is 111 Å². The van der Waals surface area contributed by atoms with E-state index in [2.05, 4.69) is 172 Å². The summed E-state index contributed by atoms with van der Waals surface area (Å²) in [5.41, 5.74) is 14.0. The monoisotopic (exact) mass is 729 g/mol. The van der Waals surface area contributed by atoms with E-state index in [-0.39, 0.29) is 0 Å². The molecule has 0 atom stereocenters. The van der Waals surface area contributed by atoms with Gasteiger partial charge >= 0.3 is 0 Å². The van der Waals surface area contributed by atoms with Crippen LogP contribution in [0.3, 0.4) is 0 Å². The van der Waals surface area contributed by atoms with E-state index < -0.39 is 0 Å². The molecule has 5 heterocycles. The molecule has 0 aliphatic heterocycles. The number of benzene rings is 7. The Balaban J connectivity index is 1.05. The molecule has 0 unspecified atom stereocenters. The summed E-state index contributed by atoms with van der Waals surface area (Å²) in [6, 6.07) is 63.8. The van der Waals surface area contributed by atoms with Crippen LogP contribution >= 0.6 is 0 Å². The first-order valence-corrected chi connectivity index (χ1v) is 19.1. The zero-order chi connectivity index (χ0) is 37.5. The van der Waals surface area contributed by atoms with Crippen molar-refractivity contribution in [1.82, 2.24) is 24.1 Å². The van der Waals surface area contributed by atoms with Gasteiger partial charge in [0.25, 0.3) is 0 Å². The maximum atomic E-state index is 6.12. The van der Waals surface area contributed by atoms with Crippen molar-refractivity contribution in [2.45, 2.75) is 0 Å². The van der Waals surface area contributed by atoms with E-state index in [1.165, 1.54) is 10.8 Å². The Kier molecular flexibility index (Phi) is 6.83.